The number of hydrogen-bond donors (Lipinski definition) is 0. The summed E-state index contributed by atoms with van der Waals surface area (Å²) in [6.45, 7) is 7.22. The first-order valence-electron chi connectivity index (χ1n) is 10.8. The third-order valence-corrected chi connectivity index (χ3v) is 6.93. The number of benzene rings is 1. The molecule has 164 valence electrons. The van der Waals surface area contributed by atoms with Gasteiger partial charge in [0.05, 0.1) is 12.7 Å². The van der Waals surface area contributed by atoms with Gasteiger partial charge in [-0.2, -0.15) is 0 Å². The van der Waals surface area contributed by atoms with Crippen LogP contribution in [0, 0.1) is 19.7 Å². The van der Waals surface area contributed by atoms with E-state index in [1.54, 1.807) is 19.9 Å². The molecule has 4 rings (SSSR count). The van der Waals surface area contributed by atoms with E-state index in [1.165, 1.54) is 28.2 Å². The lowest BCUT2D eigenvalue weighted by atomic mass is 9.83. The van der Waals surface area contributed by atoms with Crippen LogP contribution in [0.3, 0.4) is 0 Å². The molecular formula is C24H28BF3N2O. The Labute approximate surface area is 181 Å². The van der Waals surface area contributed by atoms with Gasteiger partial charge in [-0.3, -0.25) is 0 Å². The Morgan fingerprint density at radius 1 is 1.06 bits per heavy atom. The first kappa shape index (κ1) is 21.5. The molecular weight excluding hydrogens is 400 g/mol. The molecule has 1 aromatic heterocycles. The second kappa shape index (κ2) is 7.18. The molecule has 0 spiro atoms. The predicted octanol–water partition coefficient (Wildman–Crippen LogP) is 6.02. The molecule has 3 heterocycles. The van der Waals surface area contributed by atoms with Crippen molar-refractivity contribution in [3.05, 3.63) is 68.9 Å². The molecule has 31 heavy (non-hydrogen) atoms. The van der Waals surface area contributed by atoms with Gasteiger partial charge in [0, 0.05) is 35.4 Å². The number of nitrogens with zero attached hydrogens (tertiary/aromatic N) is 2. The largest absolute Gasteiger partial charge is 0.737 e. The van der Waals surface area contributed by atoms with E-state index < -0.39 is 12.8 Å². The Hall–Kier alpha value is -2.70. The lowest BCUT2D eigenvalue weighted by molar-refractivity contribution is -0.363. The monoisotopic (exact) mass is 428 g/mol. The van der Waals surface area contributed by atoms with Crippen molar-refractivity contribution in [1.29, 1.82) is 0 Å². The van der Waals surface area contributed by atoms with Crippen LogP contribution >= 0.6 is 0 Å². The van der Waals surface area contributed by atoms with Crippen molar-refractivity contribution < 1.29 is 22.2 Å². The molecule has 2 aliphatic rings. The highest BCUT2D eigenvalue weighted by molar-refractivity contribution is 6.58. The van der Waals surface area contributed by atoms with E-state index in [1.807, 2.05) is 27.7 Å². The molecule has 0 unspecified atom stereocenters. The highest BCUT2D eigenvalue weighted by Crippen LogP contribution is 2.48. The van der Waals surface area contributed by atoms with Crippen molar-refractivity contribution >= 4 is 18.3 Å². The van der Waals surface area contributed by atoms with Crippen LogP contribution in [0.4, 0.5) is 13.0 Å². The molecule has 0 aliphatic carbocycles. The fourth-order valence-corrected chi connectivity index (χ4v) is 5.60. The number of methoxy groups -OCH3 is 1. The van der Waals surface area contributed by atoms with Crippen molar-refractivity contribution in [2.75, 3.05) is 7.11 Å². The zero-order chi connectivity index (χ0) is 22.8. The van der Waals surface area contributed by atoms with E-state index >= 15 is 8.63 Å². The Bertz CT molecular complexity index is 1220. The van der Waals surface area contributed by atoms with Crippen LogP contribution < -0.4 is 4.74 Å². The summed E-state index contributed by atoms with van der Waals surface area (Å²) in [5, 5.41) is 0. The summed E-state index contributed by atoms with van der Waals surface area (Å²) in [6, 6.07) is 4.30. The van der Waals surface area contributed by atoms with Crippen molar-refractivity contribution in [1.82, 2.24) is 4.48 Å². The SMILES string of the molecule is CCC1=C(C)C2=C(c3ccc(F)cc3OC)c3c(C)c(CC)c(C)n3[B-](F)(F)[N+]2=C1C. The molecule has 0 amide bonds. The van der Waals surface area contributed by atoms with E-state index in [4.69, 9.17) is 4.74 Å². The maximum Gasteiger partial charge on any atom is 0.737 e. The second-order valence-electron chi connectivity index (χ2n) is 8.33. The van der Waals surface area contributed by atoms with Gasteiger partial charge in [-0.05, 0) is 62.6 Å². The van der Waals surface area contributed by atoms with Crippen LogP contribution in [-0.2, 0) is 6.42 Å². The molecule has 7 heteroatoms. The van der Waals surface area contributed by atoms with Crippen LogP contribution in [0.5, 0.6) is 5.75 Å². The standard InChI is InChI=1S/C24H28BF3N2O/c1-8-18-13(3)23-22(20-11-10-17(26)12-21(20)31-7)24-14(4)19(9-2)16(6)30(24)25(27,28)29(23)15(18)5/h10-12H,8-9H2,1-7H3. The normalized spacial score (nSPS) is 17.5. The molecule has 1 aromatic carbocycles. The number of ether oxygens (including phenoxy) is 1. The summed E-state index contributed by atoms with van der Waals surface area (Å²) in [5.41, 5.74) is 6.96. The number of fused-ring (bicyclic) bond motifs is 2. The molecule has 0 atom stereocenters. The maximum atomic E-state index is 16.2. The zero-order valence-corrected chi connectivity index (χ0v) is 19.2. The third kappa shape index (κ3) is 2.71. The van der Waals surface area contributed by atoms with Crippen molar-refractivity contribution in [2.24, 2.45) is 0 Å². The van der Waals surface area contributed by atoms with E-state index in [9.17, 15) is 4.39 Å². The average molecular weight is 428 g/mol. The molecule has 0 fully saturated rings. The fraction of sp³-hybridized carbons (Fsp3) is 0.375. The Balaban J connectivity index is 2.25. The van der Waals surface area contributed by atoms with Crippen molar-refractivity contribution in [3.63, 3.8) is 0 Å². The minimum Gasteiger partial charge on any atom is -0.496 e. The van der Waals surface area contributed by atoms with Crippen LogP contribution in [-0.4, -0.2) is 28.8 Å². The summed E-state index contributed by atoms with van der Waals surface area (Å²) < 4.78 is 54.3. The number of aromatic nitrogens is 1. The van der Waals surface area contributed by atoms with Crippen LogP contribution in [0.25, 0.3) is 5.57 Å². The van der Waals surface area contributed by atoms with Gasteiger partial charge >= 0.3 is 6.97 Å². The van der Waals surface area contributed by atoms with Crippen molar-refractivity contribution in [2.45, 2.75) is 54.4 Å². The summed E-state index contributed by atoms with van der Waals surface area (Å²) in [4.78, 5) is 0. The topological polar surface area (TPSA) is 17.2 Å². The summed E-state index contributed by atoms with van der Waals surface area (Å²) >= 11 is 0. The van der Waals surface area contributed by atoms with Crippen LogP contribution in [0.2, 0.25) is 0 Å². The summed E-state index contributed by atoms with van der Waals surface area (Å²) in [5.74, 6) is -0.0972. The lowest BCUT2D eigenvalue weighted by Crippen LogP contribution is -2.51. The minimum atomic E-state index is -4.08. The number of hydrogen-bond acceptors (Lipinski definition) is 1. The molecule has 3 nitrogen and oxygen atoms in total. The minimum absolute atomic E-state index is 0.332. The number of halogens is 3. The van der Waals surface area contributed by atoms with Crippen LogP contribution in [0.15, 0.2) is 35.0 Å². The molecule has 0 radical (unpaired) electrons. The molecule has 0 saturated carbocycles. The Morgan fingerprint density at radius 2 is 1.74 bits per heavy atom. The fourth-order valence-electron chi connectivity index (χ4n) is 5.60. The second-order valence-corrected chi connectivity index (χ2v) is 8.33. The molecule has 0 saturated heterocycles. The number of allylic oxidation sites excluding steroid dienone is 2. The van der Waals surface area contributed by atoms with Crippen LogP contribution in [0.1, 0.15) is 62.2 Å². The lowest BCUT2D eigenvalue weighted by Gasteiger charge is -2.34. The highest BCUT2D eigenvalue weighted by Gasteiger charge is 2.56. The Morgan fingerprint density at radius 3 is 2.32 bits per heavy atom. The third-order valence-electron chi connectivity index (χ3n) is 6.93. The summed E-state index contributed by atoms with van der Waals surface area (Å²) in [7, 11) is 1.48. The molecule has 0 bridgehead atoms. The molecule has 0 N–H and O–H groups in total. The highest BCUT2D eigenvalue weighted by atomic mass is 19.2. The first-order valence-corrected chi connectivity index (χ1v) is 10.8. The molecule has 2 aliphatic heterocycles. The number of rotatable bonds is 4. The van der Waals surface area contributed by atoms with E-state index in [0.29, 0.717) is 52.5 Å². The van der Waals surface area contributed by atoms with E-state index in [0.717, 1.165) is 22.3 Å². The molecule has 2 aromatic rings. The Kier molecular flexibility index (Phi) is 4.99. The van der Waals surface area contributed by atoms with Gasteiger partial charge in [0.15, 0.2) is 5.70 Å². The van der Waals surface area contributed by atoms with Gasteiger partial charge in [0.25, 0.3) is 0 Å². The first-order chi connectivity index (χ1) is 14.6. The quantitative estimate of drug-likeness (QED) is 0.544. The zero-order valence-electron chi connectivity index (χ0n) is 19.2. The smallest absolute Gasteiger partial charge is 0.496 e. The average Bonchev–Trinajstić information content (AvgIpc) is 3.13. The van der Waals surface area contributed by atoms with Gasteiger partial charge in [0.1, 0.15) is 17.3 Å². The van der Waals surface area contributed by atoms with Gasteiger partial charge in [-0.25, -0.2) is 4.39 Å². The predicted molar refractivity (Wildman–Crippen MR) is 120 cm³/mol. The van der Waals surface area contributed by atoms with Gasteiger partial charge < -0.3 is 22.3 Å². The van der Waals surface area contributed by atoms with Crippen molar-refractivity contribution in [3.8, 4) is 5.75 Å². The van der Waals surface area contributed by atoms with Gasteiger partial charge in [-0.1, -0.05) is 13.8 Å². The van der Waals surface area contributed by atoms with Gasteiger partial charge in [-0.15, -0.1) is 0 Å². The maximum absolute atomic E-state index is 16.2. The summed E-state index contributed by atoms with van der Waals surface area (Å²) in [6.07, 6.45) is 1.31. The van der Waals surface area contributed by atoms with E-state index in [-0.39, 0.29) is 0 Å². The van der Waals surface area contributed by atoms with E-state index in [2.05, 4.69) is 0 Å². The van der Waals surface area contributed by atoms with Gasteiger partial charge in [0.2, 0.25) is 0 Å².